The van der Waals surface area contributed by atoms with Gasteiger partial charge in [0.25, 0.3) is 0 Å². The Morgan fingerprint density at radius 2 is 2.07 bits per heavy atom. The van der Waals surface area contributed by atoms with Gasteiger partial charge in [-0.3, -0.25) is 9.62 Å². The van der Waals surface area contributed by atoms with Crippen molar-refractivity contribution in [1.82, 2.24) is 14.6 Å². The number of piperidine rings is 1. The van der Waals surface area contributed by atoms with Gasteiger partial charge in [0.05, 0.1) is 18.3 Å². The fourth-order valence-corrected chi connectivity index (χ4v) is 8.13. The molecule has 248 valence electrons. The van der Waals surface area contributed by atoms with Gasteiger partial charge in [0.15, 0.2) is 0 Å². The van der Waals surface area contributed by atoms with Gasteiger partial charge >= 0.3 is 0 Å². The summed E-state index contributed by atoms with van der Waals surface area (Å²) in [6, 6.07) is 2.30. The van der Waals surface area contributed by atoms with E-state index in [2.05, 4.69) is 73.0 Å². The van der Waals surface area contributed by atoms with E-state index in [1.807, 2.05) is 37.1 Å². The van der Waals surface area contributed by atoms with Crippen LogP contribution in [0.2, 0.25) is 0 Å². The molecule has 0 amide bonds. The van der Waals surface area contributed by atoms with Crippen LogP contribution < -0.4 is 4.72 Å². The molecule has 45 heavy (non-hydrogen) atoms. The number of β-amino-alcohol motifs (C(OH)–C–C–N with tert-alkyl or cyclic N) is 1. The molecule has 1 aromatic heterocycles. The van der Waals surface area contributed by atoms with Crippen LogP contribution in [0.15, 0.2) is 59.6 Å². The molecule has 1 saturated heterocycles. The highest BCUT2D eigenvalue weighted by Crippen LogP contribution is 2.42. The number of ether oxygens (including phenoxy) is 1. The molecule has 6 nitrogen and oxygen atoms in total. The Bertz CT molecular complexity index is 1240. The Hall–Kier alpha value is -2.15. The summed E-state index contributed by atoms with van der Waals surface area (Å²) in [6.45, 7) is 14.9. The average molecular weight is 653 g/mol. The van der Waals surface area contributed by atoms with Gasteiger partial charge in [-0.05, 0) is 95.4 Å². The number of hydrogen-bond acceptors (Lipinski definition) is 8. The van der Waals surface area contributed by atoms with Crippen LogP contribution in [-0.4, -0.2) is 58.6 Å². The zero-order valence-corrected chi connectivity index (χ0v) is 30.1. The molecule has 5 atom stereocenters. The van der Waals surface area contributed by atoms with Crippen molar-refractivity contribution in [1.29, 1.82) is 5.26 Å². The second-order valence-electron chi connectivity index (χ2n) is 12.1. The Morgan fingerprint density at radius 1 is 1.27 bits per heavy atom. The van der Waals surface area contributed by atoms with E-state index < -0.39 is 0 Å². The average Bonchev–Trinajstić information content (AvgIpc) is 3.34. The molecule has 8 heteroatoms. The summed E-state index contributed by atoms with van der Waals surface area (Å²) in [5.74, 6) is 3.18. The van der Waals surface area contributed by atoms with E-state index in [0.717, 1.165) is 68.3 Å². The van der Waals surface area contributed by atoms with Crippen LogP contribution in [0.3, 0.4) is 0 Å². The van der Waals surface area contributed by atoms with Gasteiger partial charge in [-0.1, -0.05) is 62.6 Å². The lowest BCUT2D eigenvalue weighted by Crippen LogP contribution is -2.40. The number of nitrogens with one attached hydrogen (secondary N) is 1. The van der Waals surface area contributed by atoms with E-state index in [4.69, 9.17) is 15.0 Å². The molecule has 0 radical (unpaired) electrons. The molecule has 0 aromatic carbocycles. The third-order valence-corrected chi connectivity index (χ3v) is 10.8. The maximum Gasteiger partial charge on any atom is 0.123 e. The predicted octanol–water partition coefficient (Wildman–Crippen LogP) is 8.96. The van der Waals surface area contributed by atoms with Crippen LogP contribution in [0.1, 0.15) is 109 Å². The fourth-order valence-electron chi connectivity index (χ4n) is 6.21. The van der Waals surface area contributed by atoms with Crippen LogP contribution in [0.5, 0.6) is 0 Å². The first-order valence-corrected chi connectivity index (χ1v) is 18.9. The number of thiazole rings is 1. The Kier molecular flexibility index (Phi) is 16.7. The fraction of sp³-hybridized carbons (Fsp3) is 0.622. The largest absolute Gasteiger partial charge is 0.491 e. The van der Waals surface area contributed by atoms with E-state index >= 15 is 0 Å². The summed E-state index contributed by atoms with van der Waals surface area (Å²) in [4.78, 5) is 8.66. The summed E-state index contributed by atoms with van der Waals surface area (Å²) >= 11 is 3.73. The first-order valence-electron chi connectivity index (χ1n) is 17.1. The van der Waals surface area contributed by atoms with Gasteiger partial charge in [-0.15, -0.1) is 11.3 Å². The van der Waals surface area contributed by atoms with Gasteiger partial charge in [0.2, 0.25) is 0 Å². The van der Waals surface area contributed by atoms with Crippen LogP contribution in [0, 0.1) is 17.2 Å². The zero-order valence-electron chi connectivity index (χ0n) is 28.4. The number of allylic oxidation sites excluding steroid dienone is 8. The van der Waals surface area contributed by atoms with Crippen LogP contribution >= 0.6 is 23.3 Å². The normalized spacial score (nSPS) is 25.6. The number of nitrogens with zero attached hydrogens (tertiary/aromatic N) is 3. The highest BCUT2D eigenvalue weighted by atomic mass is 32.2. The van der Waals surface area contributed by atoms with E-state index in [0.29, 0.717) is 17.9 Å². The quantitative estimate of drug-likeness (QED) is 0.193. The third-order valence-electron chi connectivity index (χ3n) is 8.74. The lowest BCUT2D eigenvalue weighted by molar-refractivity contribution is 0.0743. The first-order chi connectivity index (χ1) is 21.9. The topological polar surface area (TPSA) is 81.4 Å². The Labute approximate surface area is 281 Å². The van der Waals surface area contributed by atoms with E-state index in [-0.39, 0.29) is 12.2 Å². The van der Waals surface area contributed by atoms with Gasteiger partial charge < -0.3 is 9.84 Å². The third kappa shape index (κ3) is 11.9. The molecule has 5 unspecified atom stereocenters. The van der Waals surface area contributed by atoms with Crippen molar-refractivity contribution in [2.24, 2.45) is 5.92 Å². The maximum absolute atomic E-state index is 9.90. The van der Waals surface area contributed by atoms with Crippen LogP contribution in [0.4, 0.5) is 0 Å². The minimum absolute atomic E-state index is 0.132. The van der Waals surface area contributed by atoms with Crippen molar-refractivity contribution < 1.29 is 9.84 Å². The van der Waals surface area contributed by atoms with Gasteiger partial charge in [0.1, 0.15) is 10.8 Å². The molecular weight excluding hydrogens is 597 g/mol. The summed E-state index contributed by atoms with van der Waals surface area (Å²) in [6.07, 6.45) is 24.8. The highest BCUT2D eigenvalue weighted by molar-refractivity contribution is 7.97. The molecule has 1 aliphatic heterocycles. The second-order valence-corrected chi connectivity index (χ2v) is 14.1. The minimum Gasteiger partial charge on any atom is -0.491 e. The van der Waals surface area contributed by atoms with Crippen LogP contribution in [-0.2, 0) is 4.74 Å². The van der Waals surface area contributed by atoms with Crippen molar-refractivity contribution in [3.05, 3.63) is 69.4 Å². The Balaban J connectivity index is 0.00000104. The standard InChI is InChI=1S/C33H47N3O2S2.C2H3N.C2H6/c1-4-24(3)38-31-12-6-10-28(18-23(31)2)33-34-21-32(40-33)27-9-5-8-25-20-29(14-13-26(25)19-27)35-39-17-16-36-15-7-11-30(37)22-36;1-2-3;1-2/h5,8-10,12,18,21,24,26-27,29-30,35,37H,4,6-7,11,13-17,19-20,22H2,1-3H3;1H3;1-2H3. The maximum atomic E-state index is 9.90. The smallest absolute Gasteiger partial charge is 0.123 e. The number of nitriles is 1. The summed E-state index contributed by atoms with van der Waals surface area (Å²) in [7, 11) is 0. The summed E-state index contributed by atoms with van der Waals surface area (Å²) in [5.41, 5.74) is 4.00. The number of aromatic nitrogens is 1. The van der Waals surface area contributed by atoms with E-state index in [1.54, 1.807) is 11.6 Å². The number of rotatable bonds is 10. The zero-order chi connectivity index (χ0) is 32.6. The lowest BCUT2D eigenvalue weighted by Gasteiger charge is -2.33. The molecule has 2 heterocycles. The SMILES string of the molecule is CC.CC#N.CCC(C)OC1=CCC=C(c2ncc(C3C=CC=C4CC(NSCCN5CCCC(O)C5)CCC4C3)s2)C=C1C. The highest BCUT2D eigenvalue weighted by Gasteiger charge is 2.29. The minimum atomic E-state index is -0.132. The van der Waals surface area contributed by atoms with Crippen molar-refractivity contribution in [3.8, 4) is 6.07 Å². The molecule has 0 spiro atoms. The Morgan fingerprint density at radius 3 is 2.82 bits per heavy atom. The summed E-state index contributed by atoms with van der Waals surface area (Å²) in [5, 5.41) is 18.3. The van der Waals surface area contributed by atoms with Crippen molar-refractivity contribution in [2.75, 3.05) is 25.4 Å². The predicted molar refractivity (Wildman–Crippen MR) is 193 cm³/mol. The van der Waals surface area contributed by atoms with Crippen LogP contribution in [0.25, 0.3) is 5.57 Å². The monoisotopic (exact) mass is 652 g/mol. The molecule has 1 saturated carbocycles. The molecule has 2 N–H and O–H groups in total. The van der Waals surface area contributed by atoms with Crippen molar-refractivity contribution >= 4 is 28.9 Å². The molecule has 5 rings (SSSR count). The molecule has 4 aliphatic rings. The van der Waals surface area contributed by atoms with E-state index in [1.165, 1.54) is 42.2 Å². The number of aliphatic hydroxyl groups excluding tert-OH is 1. The lowest BCUT2D eigenvalue weighted by atomic mass is 9.78. The van der Waals surface area contributed by atoms with Crippen molar-refractivity contribution in [2.45, 2.75) is 117 Å². The second kappa shape index (κ2) is 20.2. The number of likely N-dealkylation sites (tertiary alicyclic amines) is 1. The number of fused-ring (bicyclic) bond motifs is 1. The van der Waals surface area contributed by atoms with Crippen molar-refractivity contribution in [3.63, 3.8) is 0 Å². The van der Waals surface area contributed by atoms with E-state index in [9.17, 15) is 5.11 Å². The van der Waals surface area contributed by atoms with Gasteiger partial charge in [-0.25, -0.2) is 4.98 Å². The summed E-state index contributed by atoms with van der Waals surface area (Å²) < 4.78 is 9.92. The molecule has 0 bridgehead atoms. The molecular formula is C37H56N4O2S2. The number of aliphatic hydroxyl groups is 1. The molecule has 1 aromatic rings. The molecule has 2 fully saturated rings. The van der Waals surface area contributed by atoms with Gasteiger partial charge in [-0.2, -0.15) is 5.26 Å². The molecule has 3 aliphatic carbocycles. The number of hydrogen-bond donors (Lipinski definition) is 2. The van der Waals surface area contributed by atoms with Gasteiger partial charge in [0, 0.05) is 54.4 Å². The first kappa shape index (κ1) is 37.3.